The highest BCUT2D eigenvalue weighted by atomic mass is 35.5. The van der Waals surface area contributed by atoms with E-state index in [9.17, 15) is 4.79 Å². The Balaban J connectivity index is 2.16. The lowest BCUT2D eigenvalue weighted by atomic mass is 10.3. The molecule has 2 aromatic heterocycles. The normalized spacial score (nSPS) is 10.3. The van der Waals surface area contributed by atoms with Crippen molar-refractivity contribution in [2.75, 3.05) is 0 Å². The molecule has 94 valence electrons. The van der Waals surface area contributed by atoms with Gasteiger partial charge < -0.3 is 9.84 Å². The van der Waals surface area contributed by atoms with Crippen LogP contribution in [0.1, 0.15) is 20.1 Å². The maximum atomic E-state index is 11.0. The van der Waals surface area contributed by atoms with Crippen LogP contribution in [0.25, 0.3) is 0 Å². The second-order valence-corrected chi connectivity index (χ2v) is 5.27. The molecule has 0 atom stereocenters. The molecule has 0 saturated carbocycles. The summed E-state index contributed by atoms with van der Waals surface area (Å²) in [5.41, 5.74) is 0.770. The van der Waals surface area contributed by atoms with Gasteiger partial charge in [0.1, 0.15) is 12.4 Å². The lowest BCUT2D eigenvalue weighted by Crippen LogP contribution is -2.00. The zero-order valence-electron chi connectivity index (χ0n) is 9.51. The highest BCUT2D eigenvalue weighted by molar-refractivity contribution is 7.14. The first-order valence-electron chi connectivity index (χ1n) is 5.13. The average Bonchev–Trinajstić information content (AvgIpc) is 2.70. The summed E-state index contributed by atoms with van der Waals surface area (Å²) in [7, 11) is 0. The largest absolute Gasteiger partial charge is 0.487 e. The van der Waals surface area contributed by atoms with Gasteiger partial charge in [0.25, 0.3) is 0 Å². The van der Waals surface area contributed by atoms with Crippen LogP contribution in [-0.2, 0) is 6.61 Å². The molecule has 0 bridgehead atoms. The van der Waals surface area contributed by atoms with Crippen LogP contribution in [0, 0.1) is 6.92 Å². The number of nitrogens with zero attached hydrogens (tertiary/aromatic N) is 1. The molecule has 0 fully saturated rings. The van der Waals surface area contributed by atoms with Gasteiger partial charge in [0.05, 0.1) is 5.02 Å². The van der Waals surface area contributed by atoms with Crippen molar-refractivity contribution in [3.05, 3.63) is 44.9 Å². The molecule has 2 rings (SSSR count). The van der Waals surface area contributed by atoms with Crippen molar-refractivity contribution in [3.63, 3.8) is 0 Å². The van der Waals surface area contributed by atoms with E-state index in [0.717, 1.165) is 10.4 Å². The van der Waals surface area contributed by atoms with Gasteiger partial charge in [-0.1, -0.05) is 11.6 Å². The van der Waals surface area contributed by atoms with E-state index in [1.807, 2.05) is 6.92 Å². The fraction of sp³-hybridized carbons (Fsp3) is 0.167. The molecular weight excluding hydrogens is 274 g/mol. The lowest BCUT2D eigenvalue weighted by molar-refractivity contribution is 0.0697. The highest BCUT2D eigenvalue weighted by Gasteiger charge is 2.15. The van der Waals surface area contributed by atoms with E-state index in [1.54, 1.807) is 18.3 Å². The van der Waals surface area contributed by atoms with Crippen LogP contribution in [0.2, 0.25) is 5.02 Å². The first-order valence-corrected chi connectivity index (χ1v) is 6.32. The number of aryl methyl sites for hydroxylation is 1. The fourth-order valence-electron chi connectivity index (χ4n) is 1.42. The SMILES string of the molecule is Cc1cc(OCc2ccncc2Cl)c(C(=O)O)s1. The van der Waals surface area contributed by atoms with Gasteiger partial charge in [-0.05, 0) is 19.1 Å². The van der Waals surface area contributed by atoms with Crippen molar-refractivity contribution < 1.29 is 14.6 Å². The molecule has 6 heteroatoms. The number of aromatic nitrogens is 1. The maximum absolute atomic E-state index is 11.0. The molecule has 2 heterocycles. The van der Waals surface area contributed by atoms with Gasteiger partial charge in [-0.25, -0.2) is 4.79 Å². The number of carboxylic acid groups (broad SMARTS) is 1. The van der Waals surface area contributed by atoms with Crippen molar-refractivity contribution in [1.82, 2.24) is 4.98 Å². The summed E-state index contributed by atoms with van der Waals surface area (Å²) in [6, 6.07) is 3.45. The zero-order chi connectivity index (χ0) is 13.1. The van der Waals surface area contributed by atoms with Crippen molar-refractivity contribution in [1.29, 1.82) is 0 Å². The number of pyridine rings is 1. The van der Waals surface area contributed by atoms with E-state index in [1.165, 1.54) is 17.5 Å². The fourth-order valence-corrected chi connectivity index (χ4v) is 2.39. The van der Waals surface area contributed by atoms with Crippen molar-refractivity contribution >= 4 is 28.9 Å². The maximum Gasteiger partial charge on any atom is 0.349 e. The lowest BCUT2D eigenvalue weighted by Gasteiger charge is -2.06. The van der Waals surface area contributed by atoms with Crippen LogP contribution in [0.5, 0.6) is 5.75 Å². The Morgan fingerprint density at radius 1 is 1.61 bits per heavy atom. The summed E-state index contributed by atoms with van der Waals surface area (Å²) in [5.74, 6) is -0.609. The van der Waals surface area contributed by atoms with E-state index in [2.05, 4.69) is 4.98 Å². The Morgan fingerprint density at radius 2 is 2.39 bits per heavy atom. The van der Waals surface area contributed by atoms with Crippen LogP contribution < -0.4 is 4.74 Å². The minimum Gasteiger partial charge on any atom is -0.487 e. The number of thiophene rings is 1. The number of hydrogen-bond donors (Lipinski definition) is 1. The van der Waals surface area contributed by atoms with Gasteiger partial charge in [0, 0.05) is 22.8 Å². The molecular formula is C12H10ClNO3S. The van der Waals surface area contributed by atoms with Gasteiger partial charge in [0.15, 0.2) is 4.88 Å². The summed E-state index contributed by atoms with van der Waals surface area (Å²) in [5, 5.41) is 9.53. The van der Waals surface area contributed by atoms with Gasteiger partial charge >= 0.3 is 5.97 Å². The highest BCUT2D eigenvalue weighted by Crippen LogP contribution is 2.30. The molecule has 0 spiro atoms. The van der Waals surface area contributed by atoms with Gasteiger partial charge in [0.2, 0.25) is 0 Å². The third kappa shape index (κ3) is 2.80. The molecule has 0 radical (unpaired) electrons. The van der Waals surface area contributed by atoms with Crippen molar-refractivity contribution in [3.8, 4) is 5.75 Å². The molecule has 1 N–H and O–H groups in total. The molecule has 0 amide bonds. The van der Waals surface area contributed by atoms with Gasteiger partial charge in [-0.15, -0.1) is 11.3 Å². The zero-order valence-corrected chi connectivity index (χ0v) is 11.1. The molecule has 0 saturated heterocycles. The predicted octanol–water partition coefficient (Wildman–Crippen LogP) is 3.38. The number of carbonyl (C=O) groups is 1. The predicted molar refractivity (Wildman–Crippen MR) is 69.6 cm³/mol. The number of aromatic carboxylic acids is 1. The van der Waals surface area contributed by atoms with Crippen LogP contribution >= 0.6 is 22.9 Å². The van der Waals surface area contributed by atoms with E-state index in [4.69, 9.17) is 21.4 Å². The van der Waals surface area contributed by atoms with Crippen LogP contribution in [0.4, 0.5) is 0 Å². The second-order valence-electron chi connectivity index (χ2n) is 3.61. The Labute approximate surface area is 113 Å². The number of rotatable bonds is 4. The molecule has 0 unspecified atom stereocenters. The van der Waals surface area contributed by atoms with Gasteiger partial charge in [-0.3, -0.25) is 4.98 Å². The van der Waals surface area contributed by atoms with Crippen LogP contribution in [-0.4, -0.2) is 16.1 Å². The second kappa shape index (κ2) is 5.37. The van der Waals surface area contributed by atoms with E-state index < -0.39 is 5.97 Å². The number of ether oxygens (including phenoxy) is 1. The molecule has 2 aromatic rings. The minimum atomic E-state index is -0.982. The quantitative estimate of drug-likeness (QED) is 0.934. The average molecular weight is 284 g/mol. The number of hydrogen-bond acceptors (Lipinski definition) is 4. The first-order chi connectivity index (χ1) is 8.58. The monoisotopic (exact) mass is 283 g/mol. The summed E-state index contributed by atoms with van der Waals surface area (Å²) >= 11 is 7.13. The standard InChI is InChI=1S/C12H10ClNO3S/c1-7-4-10(11(18-7)12(15)16)17-6-8-2-3-14-5-9(8)13/h2-5H,6H2,1H3,(H,15,16). The summed E-state index contributed by atoms with van der Waals surface area (Å²) in [6.07, 6.45) is 3.14. The number of carboxylic acids is 1. The smallest absolute Gasteiger partial charge is 0.349 e. The first kappa shape index (κ1) is 12.9. The topological polar surface area (TPSA) is 59.4 Å². The Morgan fingerprint density at radius 3 is 3.06 bits per heavy atom. The molecule has 0 aliphatic rings. The summed E-state index contributed by atoms with van der Waals surface area (Å²) in [4.78, 5) is 16.0. The molecule has 18 heavy (non-hydrogen) atoms. The summed E-state index contributed by atoms with van der Waals surface area (Å²) < 4.78 is 5.50. The minimum absolute atomic E-state index is 0.206. The third-order valence-corrected chi connectivity index (χ3v) is 3.62. The van der Waals surface area contributed by atoms with Crippen LogP contribution in [0.15, 0.2) is 24.5 Å². The third-order valence-electron chi connectivity index (χ3n) is 2.26. The Bertz CT molecular complexity index is 582. The number of halogens is 1. The van der Waals surface area contributed by atoms with E-state index >= 15 is 0 Å². The van der Waals surface area contributed by atoms with Crippen molar-refractivity contribution in [2.45, 2.75) is 13.5 Å². The molecule has 0 aromatic carbocycles. The van der Waals surface area contributed by atoms with Crippen LogP contribution in [0.3, 0.4) is 0 Å². The Hall–Kier alpha value is -1.59. The Kier molecular flexibility index (Phi) is 3.84. The summed E-state index contributed by atoms with van der Waals surface area (Å²) in [6.45, 7) is 2.06. The molecule has 4 nitrogen and oxygen atoms in total. The van der Waals surface area contributed by atoms with Gasteiger partial charge in [-0.2, -0.15) is 0 Å². The van der Waals surface area contributed by atoms with Crippen molar-refractivity contribution in [2.24, 2.45) is 0 Å². The van der Waals surface area contributed by atoms with E-state index in [0.29, 0.717) is 10.8 Å². The molecule has 0 aliphatic heterocycles. The van der Waals surface area contributed by atoms with E-state index in [-0.39, 0.29) is 11.5 Å². The molecule has 0 aliphatic carbocycles.